The summed E-state index contributed by atoms with van der Waals surface area (Å²) in [5.74, 6) is -2.24. The van der Waals surface area contributed by atoms with Crippen molar-refractivity contribution in [3.8, 4) is 0 Å². The van der Waals surface area contributed by atoms with E-state index in [4.69, 9.17) is 14.6 Å². The van der Waals surface area contributed by atoms with Gasteiger partial charge in [-0.1, -0.05) is 0 Å². The van der Waals surface area contributed by atoms with E-state index >= 15 is 0 Å². The summed E-state index contributed by atoms with van der Waals surface area (Å²) in [7, 11) is -3.32. The van der Waals surface area contributed by atoms with Gasteiger partial charge in [-0.2, -0.15) is 0 Å². The topological polar surface area (TPSA) is 110 Å². The molecule has 2 rings (SSSR count). The maximum atomic E-state index is 12.2. The van der Waals surface area contributed by atoms with E-state index in [1.54, 1.807) is 0 Å². The predicted molar refractivity (Wildman–Crippen MR) is 66.4 cm³/mol. The molecule has 2 aliphatic heterocycles. The molecule has 0 aliphatic carbocycles. The van der Waals surface area contributed by atoms with Crippen LogP contribution in [-0.4, -0.2) is 67.6 Å². The van der Waals surface area contributed by atoms with E-state index in [0.29, 0.717) is 6.61 Å². The highest BCUT2D eigenvalue weighted by Crippen LogP contribution is 2.19. The second-order valence-electron chi connectivity index (χ2n) is 4.57. The highest BCUT2D eigenvalue weighted by atomic mass is 32.2. The summed E-state index contributed by atoms with van der Waals surface area (Å²) < 4.78 is 33.3. The van der Waals surface area contributed by atoms with Crippen molar-refractivity contribution in [3.63, 3.8) is 0 Å². The first kappa shape index (κ1) is 14.6. The Morgan fingerprint density at radius 2 is 2.15 bits per heavy atom. The van der Waals surface area contributed by atoms with Crippen LogP contribution in [0.4, 0.5) is 0 Å². The van der Waals surface area contributed by atoms with Crippen molar-refractivity contribution < 1.29 is 32.6 Å². The minimum atomic E-state index is -3.32. The van der Waals surface area contributed by atoms with Gasteiger partial charge in [0.15, 0.2) is 9.84 Å². The number of aliphatic carboxylic acids is 1. The summed E-state index contributed by atoms with van der Waals surface area (Å²) in [6, 6.07) is -0.884. The fourth-order valence-corrected chi connectivity index (χ4v) is 3.67. The third-order valence-electron chi connectivity index (χ3n) is 3.06. The van der Waals surface area contributed by atoms with Crippen molar-refractivity contribution in [2.24, 2.45) is 0 Å². The largest absolute Gasteiger partial charge is 0.494 e. The molecule has 1 amide bonds. The lowest BCUT2D eigenvalue weighted by Gasteiger charge is -2.35. The number of amides is 1. The molecule has 1 saturated heterocycles. The summed E-state index contributed by atoms with van der Waals surface area (Å²) in [6.07, 6.45) is 0.756. The number of carbonyl (C=O) groups is 2. The summed E-state index contributed by atoms with van der Waals surface area (Å²) in [6.45, 7) is 0.525. The molecule has 20 heavy (non-hydrogen) atoms. The highest BCUT2D eigenvalue weighted by Gasteiger charge is 2.37. The van der Waals surface area contributed by atoms with Crippen molar-refractivity contribution in [1.82, 2.24) is 4.90 Å². The fraction of sp³-hybridized carbons (Fsp3) is 0.636. The van der Waals surface area contributed by atoms with E-state index < -0.39 is 34.2 Å². The maximum Gasteiger partial charge on any atom is 0.305 e. The average Bonchev–Trinajstić information content (AvgIpc) is 2.37. The van der Waals surface area contributed by atoms with Crippen LogP contribution < -0.4 is 0 Å². The van der Waals surface area contributed by atoms with Crippen molar-refractivity contribution in [1.29, 1.82) is 0 Å². The van der Waals surface area contributed by atoms with Gasteiger partial charge >= 0.3 is 5.97 Å². The molecule has 0 aromatic rings. The number of hydrogen-bond donors (Lipinski definition) is 1. The van der Waals surface area contributed by atoms with E-state index in [1.807, 2.05) is 0 Å². The molecule has 0 aromatic carbocycles. The Kier molecular flexibility index (Phi) is 4.17. The first-order chi connectivity index (χ1) is 9.39. The van der Waals surface area contributed by atoms with Crippen molar-refractivity contribution >= 4 is 21.7 Å². The number of rotatable bonds is 3. The average molecular weight is 305 g/mol. The molecule has 1 unspecified atom stereocenters. The van der Waals surface area contributed by atoms with Gasteiger partial charge in [0.05, 0.1) is 24.0 Å². The number of sulfone groups is 1. The number of carbonyl (C=O) groups excluding carboxylic acids is 1. The van der Waals surface area contributed by atoms with Gasteiger partial charge < -0.3 is 19.5 Å². The van der Waals surface area contributed by atoms with Crippen LogP contribution in [0.15, 0.2) is 12.0 Å². The molecule has 0 spiro atoms. The van der Waals surface area contributed by atoms with E-state index in [1.165, 1.54) is 11.2 Å². The van der Waals surface area contributed by atoms with Gasteiger partial charge in [-0.3, -0.25) is 9.59 Å². The number of ether oxygens (including phenoxy) is 2. The molecule has 0 bridgehead atoms. The van der Waals surface area contributed by atoms with Gasteiger partial charge in [0.2, 0.25) is 5.76 Å². The summed E-state index contributed by atoms with van der Waals surface area (Å²) in [5.41, 5.74) is 0. The SMILES string of the molecule is O=C(O)CC1CS(=O)(=O)CCN1C(=O)C1=COCCO1. The lowest BCUT2D eigenvalue weighted by Crippen LogP contribution is -2.52. The first-order valence-electron chi connectivity index (χ1n) is 6.07. The second kappa shape index (κ2) is 5.70. The third kappa shape index (κ3) is 3.41. The molecule has 9 heteroatoms. The molecule has 0 saturated carbocycles. The van der Waals surface area contributed by atoms with Crippen LogP contribution >= 0.6 is 0 Å². The Labute approximate surface area is 115 Å². The van der Waals surface area contributed by atoms with Crippen LogP contribution in [-0.2, 0) is 28.9 Å². The zero-order chi connectivity index (χ0) is 14.8. The van der Waals surface area contributed by atoms with Gasteiger partial charge in [0.25, 0.3) is 5.91 Å². The number of carboxylic acids is 1. The van der Waals surface area contributed by atoms with E-state index in [2.05, 4.69) is 0 Å². The monoisotopic (exact) mass is 305 g/mol. The smallest absolute Gasteiger partial charge is 0.305 e. The maximum absolute atomic E-state index is 12.2. The minimum Gasteiger partial charge on any atom is -0.494 e. The van der Waals surface area contributed by atoms with Crippen molar-refractivity contribution in [2.75, 3.05) is 31.3 Å². The highest BCUT2D eigenvalue weighted by molar-refractivity contribution is 7.91. The number of hydrogen-bond acceptors (Lipinski definition) is 6. The fourth-order valence-electron chi connectivity index (χ4n) is 2.15. The zero-order valence-electron chi connectivity index (χ0n) is 10.6. The van der Waals surface area contributed by atoms with Crippen LogP contribution in [0.2, 0.25) is 0 Å². The molecule has 8 nitrogen and oxygen atoms in total. The molecule has 0 radical (unpaired) electrons. The van der Waals surface area contributed by atoms with Crippen LogP contribution in [0.25, 0.3) is 0 Å². The van der Waals surface area contributed by atoms with Gasteiger partial charge in [0.1, 0.15) is 19.5 Å². The van der Waals surface area contributed by atoms with Crippen LogP contribution in [0, 0.1) is 0 Å². The summed E-state index contributed by atoms with van der Waals surface area (Å²) in [5, 5.41) is 8.84. The van der Waals surface area contributed by atoms with Gasteiger partial charge in [-0.05, 0) is 0 Å². The molecule has 0 aromatic heterocycles. The van der Waals surface area contributed by atoms with Crippen LogP contribution in [0.5, 0.6) is 0 Å². The van der Waals surface area contributed by atoms with Crippen LogP contribution in [0.1, 0.15) is 6.42 Å². The number of nitrogens with zero attached hydrogens (tertiary/aromatic N) is 1. The second-order valence-corrected chi connectivity index (χ2v) is 6.79. The first-order valence-corrected chi connectivity index (χ1v) is 7.89. The molecule has 112 valence electrons. The summed E-state index contributed by atoms with van der Waals surface area (Å²) in [4.78, 5) is 24.3. The Balaban J connectivity index is 2.16. The molecule has 1 N–H and O–H groups in total. The van der Waals surface area contributed by atoms with Gasteiger partial charge in [-0.15, -0.1) is 0 Å². The predicted octanol–water partition coefficient (Wildman–Crippen LogP) is -1.03. The molecular weight excluding hydrogens is 290 g/mol. The Morgan fingerprint density at radius 3 is 2.75 bits per heavy atom. The third-order valence-corrected chi connectivity index (χ3v) is 4.76. The van der Waals surface area contributed by atoms with Crippen molar-refractivity contribution in [3.05, 3.63) is 12.0 Å². The van der Waals surface area contributed by atoms with E-state index in [0.717, 1.165) is 0 Å². The minimum absolute atomic E-state index is 0.0223. The Hall–Kier alpha value is -1.77. The van der Waals surface area contributed by atoms with Gasteiger partial charge in [0, 0.05) is 6.54 Å². The quantitative estimate of drug-likeness (QED) is 0.710. The van der Waals surface area contributed by atoms with Crippen LogP contribution in [0.3, 0.4) is 0 Å². The molecule has 2 aliphatic rings. The molecule has 2 heterocycles. The van der Waals surface area contributed by atoms with Gasteiger partial charge in [-0.25, -0.2) is 8.42 Å². The summed E-state index contributed by atoms with van der Waals surface area (Å²) >= 11 is 0. The standard InChI is InChI=1S/C11H15NO7S/c13-10(14)5-8-7-20(16,17)4-1-12(8)11(15)9-6-18-2-3-19-9/h6,8H,1-5,7H2,(H,13,14). The van der Waals surface area contributed by atoms with Crippen molar-refractivity contribution in [2.45, 2.75) is 12.5 Å². The molecular formula is C11H15NO7S. The normalized spacial score (nSPS) is 25.1. The van der Waals surface area contributed by atoms with E-state index in [9.17, 15) is 18.0 Å². The van der Waals surface area contributed by atoms with E-state index in [-0.39, 0.29) is 30.4 Å². The lowest BCUT2D eigenvalue weighted by molar-refractivity contribution is -0.140. The zero-order valence-corrected chi connectivity index (χ0v) is 11.5. The molecule has 1 atom stereocenters. The number of carboxylic acid groups (broad SMARTS) is 1. The Morgan fingerprint density at radius 1 is 1.40 bits per heavy atom. The lowest BCUT2D eigenvalue weighted by atomic mass is 10.2. The Bertz CT molecular complexity index is 539. The molecule has 1 fully saturated rings.